The van der Waals surface area contributed by atoms with Crippen LogP contribution in [0.1, 0.15) is 23.9 Å². The van der Waals surface area contributed by atoms with Crippen LogP contribution in [0.15, 0.2) is 59.7 Å². The molecule has 0 radical (unpaired) electrons. The second kappa shape index (κ2) is 10.4. The van der Waals surface area contributed by atoms with Crippen molar-refractivity contribution in [3.63, 3.8) is 0 Å². The van der Waals surface area contributed by atoms with Gasteiger partial charge in [-0.25, -0.2) is 0 Å². The molecule has 3 heterocycles. The average molecular weight is 421 g/mol. The van der Waals surface area contributed by atoms with Gasteiger partial charge < -0.3 is 15.5 Å². The van der Waals surface area contributed by atoms with Gasteiger partial charge in [-0.15, -0.1) is 10.2 Å². The van der Waals surface area contributed by atoms with E-state index in [0.29, 0.717) is 12.6 Å². The Bertz CT molecular complexity index is 983. The van der Waals surface area contributed by atoms with Gasteiger partial charge in [0.1, 0.15) is 0 Å². The molecule has 31 heavy (non-hydrogen) atoms. The Balaban J connectivity index is 1.25. The molecule has 0 aliphatic carbocycles. The third-order valence-electron chi connectivity index (χ3n) is 5.82. The number of rotatable bonds is 7. The minimum Gasteiger partial charge on any atom is -0.356 e. The maximum Gasteiger partial charge on any atom is 0.191 e. The molecular weight excluding hydrogens is 388 g/mol. The second-order valence-corrected chi connectivity index (χ2v) is 7.98. The molecule has 1 aliphatic heterocycles. The predicted octanol–water partition coefficient (Wildman–Crippen LogP) is 1.77. The van der Waals surface area contributed by atoms with E-state index in [1.54, 1.807) is 7.05 Å². The van der Waals surface area contributed by atoms with E-state index in [-0.39, 0.29) is 0 Å². The summed E-state index contributed by atoms with van der Waals surface area (Å²) >= 11 is 0. The molecule has 4 rings (SSSR count). The van der Waals surface area contributed by atoms with E-state index in [1.165, 1.54) is 5.56 Å². The number of fused-ring (bicyclic) bond motifs is 1. The summed E-state index contributed by atoms with van der Waals surface area (Å²) in [7, 11) is 4.01. The van der Waals surface area contributed by atoms with Crippen molar-refractivity contribution < 1.29 is 0 Å². The number of aromatic nitrogens is 3. The number of likely N-dealkylation sites (N-methyl/N-ethyl adjacent to an activating group) is 1. The van der Waals surface area contributed by atoms with Crippen LogP contribution in [0.25, 0.3) is 5.65 Å². The molecule has 8 heteroatoms. The van der Waals surface area contributed by atoms with Gasteiger partial charge >= 0.3 is 0 Å². The average Bonchev–Trinajstić information content (AvgIpc) is 3.23. The molecule has 1 fully saturated rings. The van der Waals surface area contributed by atoms with E-state index >= 15 is 0 Å². The van der Waals surface area contributed by atoms with Gasteiger partial charge in [0.15, 0.2) is 17.4 Å². The first-order valence-electron chi connectivity index (χ1n) is 11.0. The van der Waals surface area contributed by atoms with Crippen molar-refractivity contribution in [1.29, 1.82) is 0 Å². The van der Waals surface area contributed by atoms with Gasteiger partial charge in [0.2, 0.25) is 0 Å². The number of piperazine rings is 1. The topological polar surface area (TPSA) is 73.1 Å². The quantitative estimate of drug-likeness (QED) is 0.345. The fraction of sp³-hybridized carbons (Fsp3) is 0.435. The minimum absolute atomic E-state index is 0.457. The molecular formula is C23H32N8. The first-order chi connectivity index (χ1) is 15.2. The summed E-state index contributed by atoms with van der Waals surface area (Å²) in [6, 6.07) is 17.2. The summed E-state index contributed by atoms with van der Waals surface area (Å²) in [4.78, 5) is 9.37. The minimum atomic E-state index is 0.457. The fourth-order valence-corrected chi connectivity index (χ4v) is 4.10. The largest absolute Gasteiger partial charge is 0.356 e. The molecule has 8 nitrogen and oxygen atoms in total. The number of nitrogens with one attached hydrogen (secondary N) is 2. The van der Waals surface area contributed by atoms with Crippen LogP contribution in [0.2, 0.25) is 0 Å². The van der Waals surface area contributed by atoms with E-state index in [4.69, 9.17) is 0 Å². The van der Waals surface area contributed by atoms with E-state index in [0.717, 1.165) is 56.6 Å². The van der Waals surface area contributed by atoms with Crippen LogP contribution in [0, 0.1) is 0 Å². The lowest BCUT2D eigenvalue weighted by atomic mass is 10.0. The highest BCUT2D eigenvalue weighted by molar-refractivity contribution is 5.79. The van der Waals surface area contributed by atoms with Gasteiger partial charge in [-0.05, 0) is 31.2 Å². The maximum atomic E-state index is 4.34. The monoisotopic (exact) mass is 420 g/mol. The van der Waals surface area contributed by atoms with Crippen molar-refractivity contribution in [1.82, 2.24) is 35.0 Å². The van der Waals surface area contributed by atoms with Gasteiger partial charge in [0, 0.05) is 52.0 Å². The van der Waals surface area contributed by atoms with Crippen molar-refractivity contribution in [3.8, 4) is 0 Å². The van der Waals surface area contributed by atoms with Crippen LogP contribution in [-0.2, 0) is 6.54 Å². The molecule has 164 valence electrons. The number of hydrogen-bond donors (Lipinski definition) is 2. The Labute approximate surface area is 184 Å². The summed E-state index contributed by atoms with van der Waals surface area (Å²) in [6.07, 6.45) is 3.03. The molecule has 2 N–H and O–H groups in total. The van der Waals surface area contributed by atoms with Gasteiger partial charge in [-0.2, -0.15) is 0 Å². The van der Waals surface area contributed by atoms with Crippen LogP contribution >= 0.6 is 0 Å². The normalized spacial score (nSPS) is 18.4. The Morgan fingerprint density at radius 1 is 1.06 bits per heavy atom. The number of hydrogen-bond acceptors (Lipinski definition) is 5. The Kier molecular flexibility index (Phi) is 7.11. The summed E-state index contributed by atoms with van der Waals surface area (Å²) in [5.41, 5.74) is 2.25. The van der Waals surface area contributed by atoms with Crippen molar-refractivity contribution in [2.24, 2.45) is 4.99 Å². The third-order valence-corrected chi connectivity index (χ3v) is 5.82. The number of nitrogens with zero attached hydrogens (tertiary/aromatic N) is 6. The van der Waals surface area contributed by atoms with Crippen molar-refractivity contribution >= 4 is 11.6 Å². The van der Waals surface area contributed by atoms with Gasteiger partial charge in [0.05, 0.1) is 6.54 Å². The standard InChI is InChI=1S/C23H32N8/c1-24-23(26-17-22-28-27-21-11-6-7-14-31(21)22)25-12-8-13-30-16-15-29(2)18-20(30)19-9-4-3-5-10-19/h3-7,9-11,14,20H,8,12-13,15-18H2,1-2H3,(H2,24,25,26). The van der Waals surface area contributed by atoms with E-state index in [1.807, 2.05) is 28.8 Å². The molecule has 1 aromatic carbocycles. The molecule has 1 aliphatic rings. The van der Waals surface area contributed by atoms with Crippen LogP contribution in [0.5, 0.6) is 0 Å². The van der Waals surface area contributed by atoms with Crippen molar-refractivity contribution in [2.75, 3.05) is 46.8 Å². The van der Waals surface area contributed by atoms with Crippen LogP contribution < -0.4 is 10.6 Å². The molecule has 3 aromatic rings. The first-order valence-corrected chi connectivity index (χ1v) is 11.0. The highest BCUT2D eigenvalue weighted by Gasteiger charge is 2.25. The zero-order chi connectivity index (χ0) is 21.5. The number of pyridine rings is 1. The highest BCUT2D eigenvalue weighted by Crippen LogP contribution is 2.24. The summed E-state index contributed by atoms with van der Waals surface area (Å²) in [5.74, 6) is 1.65. The Hall–Kier alpha value is -2.97. The molecule has 2 aromatic heterocycles. The Morgan fingerprint density at radius 3 is 2.74 bits per heavy atom. The fourth-order valence-electron chi connectivity index (χ4n) is 4.10. The number of benzene rings is 1. The van der Waals surface area contributed by atoms with Crippen LogP contribution in [-0.4, -0.2) is 77.2 Å². The lowest BCUT2D eigenvalue weighted by Gasteiger charge is -2.40. The molecule has 0 amide bonds. The third kappa shape index (κ3) is 5.39. The van der Waals surface area contributed by atoms with E-state index in [9.17, 15) is 0 Å². The smallest absolute Gasteiger partial charge is 0.191 e. The zero-order valence-corrected chi connectivity index (χ0v) is 18.4. The molecule has 0 bridgehead atoms. The van der Waals surface area contributed by atoms with Crippen molar-refractivity contribution in [3.05, 3.63) is 66.1 Å². The SMILES string of the molecule is CN=C(NCCCN1CCN(C)CC1c1ccccc1)NCc1nnc2ccccn12. The summed E-state index contributed by atoms with van der Waals surface area (Å²) in [6.45, 7) is 5.79. The summed E-state index contributed by atoms with van der Waals surface area (Å²) < 4.78 is 1.98. The molecule has 0 spiro atoms. The van der Waals surface area contributed by atoms with Crippen LogP contribution in [0.3, 0.4) is 0 Å². The summed E-state index contributed by atoms with van der Waals surface area (Å²) in [5, 5.41) is 15.2. The molecule has 1 saturated heterocycles. The lowest BCUT2D eigenvalue weighted by Crippen LogP contribution is -2.47. The zero-order valence-electron chi connectivity index (χ0n) is 18.4. The van der Waals surface area contributed by atoms with E-state index < -0.39 is 0 Å². The van der Waals surface area contributed by atoms with Gasteiger partial charge in [-0.3, -0.25) is 14.3 Å². The number of aliphatic imine (C=N–C) groups is 1. The lowest BCUT2D eigenvalue weighted by molar-refractivity contribution is 0.0891. The van der Waals surface area contributed by atoms with E-state index in [2.05, 4.69) is 73.0 Å². The van der Waals surface area contributed by atoms with Gasteiger partial charge in [-0.1, -0.05) is 36.4 Å². The molecule has 0 saturated carbocycles. The maximum absolute atomic E-state index is 4.34. The molecule has 1 unspecified atom stereocenters. The second-order valence-electron chi connectivity index (χ2n) is 7.98. The number of guanidine groups is 1. The van der Waals surface area contributed by atoms with Crippen molar-refractivity contribution in [2.45, 2.75) is 19.0 Å². The van der Waals surface area contributed by atoms with Gasteiger partial charge in [0.25, 0.3) is 0 Å². The first kappa shape index (κ1) is 21.3. The van der Waals surface area contributed by atoms with Crippen LogP contribution in [0.4, 0.5) is 0 Å². The predicted molar refractivity (Wildman–Crippen MR) is 124 cm³/mol. The Morgan fingerprint density at radius 2 is 1.90 bits per heavy atom. The molecule has 1 atom stereocenters. The highest BCUT2D eigenvalue weighted by atomic mass is 15.3.